The normalized spacial score (nSPS) is 12.1. The number of carbonyl (C=O) groups is 1. The minimum atomic E-state index is -0.710. The van der Waals surface area contributed by atoms with Crippen molar-refractivity contribution in [1.82, 2.24) is 15.6 Å². The number of β-amino-alcohol motifs (C(OH)–C–C–N with tert-alkyl or cyclic N) is 1. The maximum absolute atomic E-state index is 12.8. The van der Waals surface area contributed by atoms with E-state index >= 15 is 0 Å². The first-order valence-corrected chi connectivity index (χ1v) is 12.1. The molecule has 0 aliphatic rings. The number of phenolic OH excluding ortho intramolecular Hbond substituents is 1. The molecule has 1 heterocycles. The number of rotatable bonds is 12. The summed E-state index contributed by atoms with van der Waals surface area (Å²) in [5, 5.41) is 26.9. The number of methoxy groups -OCH3 is 2. The Hall–Kier alpha value is -3.82. The van der Waals surface area contributed by atoms with Gasteiger partial charge < -0.3 is 36.1 Å². The molecular formula is C28H36N4O5. The topological polar surface area (TPSA) is 139 Å². The fraction of sp³-hybridized carbons (Fsp3) is 0.357. The molecule has 9 nitrogen and oxygen atoms in total. The molecule has 37 heavy (non-hydrogen) atoms. The molecule has 0 spiro atoms. The number of phenols is 1. The van der Waals surface area contributed by atoms with Crippen molar-refractivity contribution < 1.29 is 24.5 Å². The van der Waals surface area contributed by atoms with Gasteiger partial charge in [-0.05, 0) is 68.1 Å². The summed E-state index contributed by atoms with van der Waals surface area (Å²) >= 11 is 0. The van der Waals surface area contributed by atoms with Gasteiger partial charge in [-0.2, -0.15) is 0 Å². The number of nitrogens with zero attached hydrogens (tertiary/aromatic N) is 1. The number of pyridine rings is 1. The molecule has 6 N–H and O–H groups in total. The number of amides is 1. The van der Waals surface area contributed by atoms with Crippen LogP contribution in [-0.2, 0) is 12.8 Å². The molecule has 1 atom stereocenters. The molecule has 198 valence electrons. The minimum Gasteiger partial charge on any atom is -0.502 e. The van der Waals surface area contributed by atoms with E-state index in [1.165, 1.54) is 14.2 Å². The van der Waals surface area contributed by atoms with Gasteiger partial charge in [0.1, 0.15) is 5.82 Å². The van der Waals surface area contributed by atoms with Gasteiger partial charge in [0.2, 0.25) is 5.75 Å². The van der Waals surface area contributed by atoms with Crippen LogP contribution in [0.1, 0.15) is 47.0 Å². The number of ether oxygens (including phenoxy) is 2. The Morgan fingerprint density at radius 1 is 1.08 bits per heavy atom. The number of aromatic nitrogens is 1. The summed E-state index contributed by atoms with van der Waals surface area (Å²) in [4.78, 5) is 16.8. The number of hydrogen-bond acceptors (Lipinski definition) is 8. The Kier molecular flexibility index (Phi) is 9.32. The molecule has 1 aromatic heterocycles. The first-order valence-electron chi connectivity index (χ1n) is 12.1. The molecule has 0 radical (unpaired) electrons. The minimum absolute atomic E-state index is 0.0521. The fourth-order valence-corrected chi connectivity index (χ4v) is 4.01. The monoisotopic (exact) mass is 508 g/mol. The van der Waals surface area contributed by atoms with Crippen LogP contribution in [0, 0.1) is 0 Å². The Balaban J connectivity index is 1.54. The van der Waals surface area contributed by atoms with Gasteiger partial charge in [0.15, 0.2) is 11.5 Å². The maximum atomic E-state index is 12.8. The summed E-state index contributed by atoms with van der Waals surface area (Å²) in [6.07, 6.45) is 2.07. The summed E-state index contributed by atoms with van der Waals surface area (Å²) in [5.41, 5.74) is 8.42. The van der Waals surface area contributed by atoms with Gasteiger partial charge in [-0.3, -0.25) is 4.79 Å². The number of nitrogens with two attached hydrogens (primary N) is 1. The largest absolute Gasteiger partial charge is 0.502 e. The van der Waals surface area contributed by atoms with E-state index in [9.17, 15) is 15.0 Å². The van der Waals surface area contributed by atoms with Gasteiger partial charge in [-0.15, -0.1) is 0 Å². The van der Waals surface area contributed by atoms with E-state index in [4.69, 9.17) is 15.2 Å². The van der Waals surface area contributed by atoms with Crippen molar-refractivity contribution in [1.29, 1.82) is 0 Å². The number of nitrogens with one attached hydrogen (secondary N) is 2. The highest BCUT2D eigenvalue weighted by Gasteiger charge is 2.21. The van der Waals surface area contributed by atoms with E-state index in [2.05, 4.69) is 15.6 Å². The molecule has 0 aliphatic carbocycles. The first kappa shape index (κ1) is 27.8. The Morgan fingerprint density at radius 3 is 2.41 bits per heavy atom. The highest BCUT2D eigenvalue weighted by molar-refractivity contribution is 5.94. The zero-order chi connectivity index (χ0) is 27.0. The van der Waals surface area contributed by atoms with Crippen molar-refractivity contribution in [3.8, 4) is 17.2 Å². The smallest absolute Gasteiger partial charge is 0.251 e. The third kappa shape index (κ3) is 7.83. The molecule has 0 bridgehead atoms. The molecule has 0 fully saturated rings. The third-order valence-electron chi connectivity index (χ3n) is 6.04. The average Bonchev–Trinajstić information content (AvgIpc) is 2.88. The van der Waals surface area contributed by atoms with E-state index in [0.717, 1.165) is 11.1 Å². The Morgan fingerprint density at radius 2 is 1.78 bits per heavy atom. The van der Waals surface area contributed by atoms with Crippen molar-refractivity contribution in [2.24, 2.45) is 0 Å². The lowest BCUT2D eigenvalue weighted by molar-refractivity contribution is 0.0954. The van der Waals surface area contributed by atoms with Crippen LogP contribution in [0.5, 0.6) is 17.2 Å². The van der Waals surface area contributed by atoms with Crippen molar-refractivity contribution in [2.45, 2.75) is 38.3 Å². The van der Waals surface area contributed by atoms with Crippen LogP contribution in [0.2, 0.25) is 0 Å². The number of nitrogen functional groups attached to an aromatic ring is 1. The van der Waals surface area contributed by atoms with Crippen LogP contribution in [0.4, 0.5) is 5.82 Å². The first-order chi connectivity index (χ1) is 17.6. The number of carbonyl (C=O) groups excluding carboxylic acids is 1. The van der Waals surface area contributed by atoms with E-state index in [1.807, 2.05) is 32.0 Å². The fourth-order valence-electron chi connectivity index (χ4n) is 4.01. The maximum Gasteiger partial charge on any atom is 0.251 e. The Bertz CT molecular complexity index is 1170. The second kappa shape index (κ2) is 12.4. The lowest BCUT2D eigenvalue weighted by Gasteiger charge is -2.28. The van der Waals surface area contributed by atoms with Crippen molar-refractivity contribution in [2.75, 3.05) is 33.0 Å². The second-order valence-corrected chi connectivity index (χ2v) is 9.53. The number of aliphatic hydroxyl groups excluding tert-OH is 1. The van der Waals surface area contributed by atoms with Crippen LogP contribution in [0.15, 0.2) is 54.7 Å². The number of aromatic hydroxyl groups is 1. The molecule has 0 saturated carbocycles. The molecule has 3 aromatic rings. The summed E-state index contributed by atoms with van der Waals surface area (Å²) in [7, 11) is 2.95. The van der Waals surface area contributed by atoms with E-state index < -0.39 is 6.10 Å². The van der Waals surface area contributed by atoms with E-state index in [1.54, 1.807) is 36.5 Å². The van der Waals surface area contributed by atoms with Gasteiger partial charge in [0.05, 0.1) is 20.3 Å². The molecular weight excluding hydrogens is 472 g/mol. The molecule has 0 saturated heterocycles. The van der Waals surface area contributed by atoms with Gasteiger partial charge in [-0.25, -0.2) is 4.98 Å². The third-order valence-corrected chi connectivity index (χ3v) is 6.04. The van der Waals surface area contributed by atoms with Crippen LogP contribution < -0.4 is 25.8 Å². The molecule has 0 unspecified atom stereocenters. The molecule has 2 aromatic carbocycles. The predicted molar refractivity (Wildman–Crippen MR) is 143 cm³/mol. The zero-order valence-corrected chi connectivity index (χ0v) is 21.7. The Labute approximate surface area is 217 Å². The second-order valence-electron chi connectivity index (χ2n) is 9.53. The van der Waals surface area contributed by atoms with Crippen LogP contribution >= 0.6 is 0 Å². The van der Waals surface area contributed by atoms with Crippen molar-refractivity contribution in [3.63, 3.8) is 0 Å². The predicted octanol–water partition coefficient (Wildman–Crippen LogP) is 3.00. The molecule has 1 amide bonds. The molecule has 0 aliphatic heterocycles. The van der Waals surface area contributed by atoms with Gasteiger partial charge in [0.25, 0.3) is 5.91 Å². The van der Waals surface area contributed by atoms with Crippen molar-refractivity contribution >= 4 is 11.7 Å². The lowest BCUT2D eigenvalue weighted by Crippen LogP contribution is -2.43. The number of anilines is 1. The van der Waals surface area contributed by atoms with Crippen LogP contribution in [0.3, 0.4) is 0 Å². The standard InChI is InChI=1S/C28H36N4O5/c1-28(2,32-17-22(33)21-8-9-25(29)31-16-21)15-19-6-5-7-20(12-19)27(35)30-11-10-18-13-23(36-3)26(34)24(14-18)37-4/h5-9,12-14,16,22,32-34H,10-11,15,17H2,1-4H3,(H2,29,31)(H,30,35)/t22-/m1/s1. The number of aliphatic hydroxyl groups is 1. The summed E-state index contributed by atoms with van der Waals surface area (Å²) in [5.74, 6) is 0.832. The summed E-state index contributed by atoms with van der Waals surface area (Å²) in [6.45, 7) is 4.86. The van der Waals surface area contributed by atoms with Gasteiger partial charge in [-0.1, -0.05) is 18.2 Å². The zero-order valence-electron chi connectivity index (χ0n) is 21.7. The van der Waals surface area contributed by atoms with Gasteiger partial charge in [0, 0.05) is 36.0 Å². The molecule has 3 rings (SSSR count). The lowest BCUT2D eigenvalue weighted by atomic mass is 9.93. The van der Waals surface area contributed by atoms with E-state index in [0.29, 0.717) is 54.4 Å². The molecule has 9 heteroatoms. The van der Waals surface area contributed by atoms with Crippen molar-refractivity contribution in [3.05, 3.63) is 77.0 Å². The highest BCUT2D eigenvalue weighted by atomic mass is 16.5. The quantitative estimate of drug-likeness (QED) is 0.252. The van der Waals surface area contributed by atoms with Crippen LogP contribution in [-0.4, -0.2) is 54.0 Å². The number of benzene rings is 2. The SMILES string of the molecule is COc1cc(CCNC(=O)c2cccc(CC(C)(C)NC[C@@H](O)c3ccc(N)nc3)c2)cc(OC)c1O. The van der Waals surface area contributed by atoms with Gasteiger partial charge >= 0.3 is 0 Å². The summed E-state index contributed by atoms with van der Waals surface area (Å²) < 4.78 is 10.4. The summed E-state index contributed by atoms with van der Waals surface area (Å²) in [6, 6.07) is 14.4. The number of hydrogen-bond donors (Lipinski definition) is 5. The average molecular weight is 509 g/mol. The van der Waals surface area contributed by atoms with Crippen LogP contribution in [0.25, 0.3) is 0 Å². The highest BCUT2D eigenvalue weighted by Crippen LogP contribution is 2.37. The van der Waals surface area contributed by atoms with E-state index in [-0.39, 0.29) is 17.2 Å².